The number of hydrogen-bond donors (Lipinski definition) is 0. The lowest BCUT2D eigenvalue weighted by Crippen LogP contribution is -2.30. The van der Waals surface area contributed by atoms with Crippen LogP contribution in [0.2, 0.25) is 0 Å². The number of allylic oxidation sites excluding steroid dienone is 10. The van der Waals surface area contributed by atoms with Gasteiger partial charge >= 0.3 is 17.9 Å². The van der Waals surface area contributed by atoms with Crippen molar-refractivity contribution in [3.05, 3.63) is 60.8 Å². The molecule has 0 aliphatic carbocycles. The fourth-order valence-electron chi connectivity index (χ4n) is 9.30. The fourth-order valence-corrected chi connectivity index (χ4v) is 9.30. The summed E-state index contributed by atoms with van der Waals surface area (Å²) < 4.78 is 16.9. The highest BCUT2D eigenvalue weighted by molar-refractivity contribution is 5.71. The Morgan fingerprint density at radius 1 is 0.288 bits per heavy atom. The third-order valence-corrected chi connectivity index (χ3v) is 14.0. The van der Waals surface area contributed by atoms with Crippen LogP contribution in [0.5, 0.6) is 0 Å². The Morgan fingerprint density at radius 3 is 0.836 bits per heavy atom. The van der Waals surface area contributed by atoms with Crippen LogP contribution in [-0.2, 0) is 28.6 Å². The molecule has 0 saturated heterocycles. The van der Waals surface area contributed by atoms with E-state index in [0.29, 0.717) is 19.3 Å². The van der Waals surface area contributed by atoms with E-state index in [1.807, 2.05) is 0 Å². The Kier molecular flexibility index (Phi) is 59.2. The van der Waals surface area contributed by atoms with Gasteiger partial charge in [-0.3, -0.25) is 14.4 Å². The molecule has 424 valence electrons. The van der Waals surface area contributed by atoms with E-state index in [1.54, 1.807) is 0 Å². The van der Waals surface area contributed by atoms with Crippen LogP contribution in [0.15, 0.2) is 60.8 Å². The first-order chi connectivity index (χ1) is 36.0. The third-order valence-electron chi connectivity index (χ3n) is 14.0. The number of hydrogen-bond acceptors (Lipinski definition) is 6. The topological polar surface area (TPSA) is 78.9 Å². The minimum atomic E-state index is -0.789. The van der Waals surface area contributed by atoms with Crippen molar-refractivity contribution in [1.29, 1.82) is 0 Å². The molecule has 0 radical (unpaired) electrons. The van der Waals surface area contributed by atoms with Gasteiger partial charge in [-0.25, -0.2) is 0 Å². The van der Waals surface area contributed by atoms with Gasteiger partial charge in [-0.05, 0) is 64.2 Å². The van der Waals surface area contributed by atoms with Crippen LogP contribution in [0, 0.1) is 0 Å². The van der Waals surface area contributed by atoms with E-state index in [2.05, 4.69) is 81.5 Å². The van der Waals surface area contributed by atoms with E-state index in [0.717, 1.165) is 96.3 Å². The quantitative estimate of drug-likeness (QED) is 0.0261. The molecule has 0 N–H and O–H groups in total. The van der Waals surface area contributed by atoms with Gasteiger partial charge in [0.1, 0.15) is 13.2 Å². The molecular weight excluding hydrogens is 901 g/mol. The Morgan fingerprint density at radius 2 is 0.534 bits per heavy atom. The van der Waals surface area contributed by atoms with E-state index < -0.39 is 6.10 Å². The molecule has 1 unspecified atom stereocenters. The molecule has 0 heterocycles. The molecule has 0 aromatic carbocycles. The van der Waals surface area contributed by atoms with E-state index in [-0.39, 0.29) is 31.1 Å². The van der Waals surface area contributed by atoms with Gasteiger partial charge in [0.25, 0.3) is 0 Å². The summed E-state index contributed by atoms with van der Waals surface area (Å²) in [5.41, 5.74) is 0. The van der Waals surface area contributed by atoms with Gasteiger partial charge in [-0.15, -0.1) is 0 Å². The molecule has 0 aromatic heterocycles. The maximum atomic E-state index is 12.9. The lowest BCUT2D eigenvalue weighted by atomic mass is 10.0. The summed E-state index contributed by atoms with van der Waals surface area (Å²) >= 11 is 0. The van der Waals surface area contributed by atoms with Crippen molar-refractivity contribution in [2.45, 2.75) is 335 Å². The second-order valence-corrected chi connectivity index (χ2v) is 21.3. The maximum Gasteiger partial charge on any atom is 0.306 e. The molecule has 0 fully saturated rings. The molecule has 0 aromatic rings. The van der Waals surface area contributed by atoms with Crippen molar-refractivity contribution < 1.29 is 28.6 Å². The van der Waals surface area contributed by atoms with E-state index in [4.69, 9.17) is 14.2 Å². The summed E-state index contributed by atoms with van der Waals surface area (Å²) in [6, 6.07) is 0. The van der Waals surface area contributed by atoms with Crippen molar-refractivity contribution in [2.75, 3.05) is 13.2 Å². The highest BCUT2D eigenvalue weighted by atomic mass is 16.6. The normalized spacial score (nSPS) is 12.4. The van der Waals surface area contributed by atoms with Gasteiger partial charge < -0.3 is 14.2 Å². The zero-order chi connectivity index (χ0) is 52.9. The lowest BCUT2D eigenvalue weighted by molar-refractivity contribution is -0.167. The number of esters is 3. The highest BCUT2D eigenvalue weighted by Crippen LogP contribution is 2.17. The smallest absolute Gasteiger partial charge is 0.306 e. The summed E-state index contributed by atoms with van der Waals surface area (Å²) in [6.07, 6.45) is 77.9. The first-order valence-electron chi connectivity index (χ1n) is 31.8. The zero-order valence-corrected chi connectivity index (χ0v) is 48.7. The fraction of sp³-hybridized carbons (Fsp3) is 0.806. The summed E-state index contributed by atoms with van der Waals surface area (Å²) in [5.74, 6) is -0.894. The van der Waals surface area contributed by atoms with E-state index >= 15 is 0 Å². The molecule has 0 spiro atoms. The predicted octanol–water partition coefficient (Wildman–Crippen LogP) is 21.6. The highest BCUT2D eigenvalue weighted by Gasteiger charge is 2.19. The van der Waals surface area contributed by atoms with Crippen LogP contribution in [-0.4, -0.2) is 37.2 Å². The van der Waals surface area contributed by atoms with Gasteiger partial charge in [0.2, 0.25) is 0 Å². The van der Waals surface area contributed by atoms with Crippen LogP contribution in [0.4, 0.5) is 0 Å². The zero-order valence-electron chi connectivity index (χ0n) is 48.7. The standard InChI is InChI=1S/C67H120O6/c1-4-7-10-13-16-19-22-25-28-31-33-36-39-42-45-48-51-54-57-60-66(69)72-63-64(62-71-65(68)59-56-53-50-47-44-41-38-35-30-27-24-21-18-15-12-9-6-3)73-67(70)61-58-55-52-49-46-43-40-37-34-32-29-26-23-20-17-14-11-8-5-2/h8,11,17,20,26,29,34,37,43,46,64H,4-7,9-10,12-16,18-19,21-25,27-28,30-33,35-36,38-42,44-45,47-63H2,1-3H3/b11-8-,20-17-,29-26-,37-34-,46-43-. The van der Waals surface area contributed by atoms with Gasteiger partial charge in [0.15, 0.2) is 6.10 Å². The number of rotatable bonds is 58. The van der Waals surface area contributed by atoms with Gasteiger partial charge in [0, 0.05) is 19.3 Å². The van der Waals surface area contributed by atoms with Gasteiger partial charge in [-0.1, -0.05) is 306 Å². The second kappa shape index (κ2) is 61.7. The second-order valence-electron chi connectivity index (χ2n) is 21.3. The van der Waals surface area contributed by atoms with Crippen molar-refractivity contribution in [2.24, 2.45) is 0 Å². The van der Waals surface area contributed by atoms with E-state index in [9.17, 15) is 14.4 Å². The Balaban J connectivity index is 4.39. The van der Waals surface area contributed by atoms with Crippen LogP contribution in [0.1, 0.15) is 329 Å². The average Bonchev–Trinajstić information content (AvgIpc) is 3.39. The largest absolute Gasteiger partial charge is 0.462 e. The molecule has 0 saturated carbocycles. The first kappa shape index (κ1) is 70.1. The maximum absolute atomic E-state index is 12.9. The molecular formula is C67H120O6. The summed E-state index contributed by atoms with van der Waals surface area (Å²) in [4.78, 5) is 38.3. The molecule has 0 bridgehead atoms. The Bertz CT molecular complexity index is 1310. The van der Waals surface area contributed by atoms with Crippen molar-refractivity contribution in [1.82, 2.24) is 0 Å². The molecule has 0 amide bonds. The van der Waals surface area contributed by atoms with Crippen LogP contribution in [0.3, 0.4) is 0 Å². The average molecular weight is 1020 g/mol. The monoisotopic (exact) mass is 1020 g/mol. The molecule has 73 heavy (non-hydrogen) atoms. The van der Waals surface area contributed by atoms with E-state index in [1.165, 1.54) is 193 Å². The molecule has 6 heteroatoms. The van der Waals surface area contributed by atoms with Crippen molar-refractivity contribution in [3.63, 3.8) is 0 Å². The summed E-state index contributed by atoms with van der Waals surface area (Å²) in [5, 5.41) is 0. The molecule has 0 rings (SSSR count). The van der Waals surface area contributed by atoms with Crippen molar-refractivity contribution >= 4 is 17.9 Å². The Hall–Kier alpha value is -2.89. The minimum absolute atomic E-state index is 0.0832. The third kappa shape index (κ3) is 59.9. The van der Waals surface area contributed by atoms with Crippen molar-refractivity contribution in [3.8, 4) is 0 Å². The molecule has 0 aliphatic rings. The lowest BCUT2D eigenvalue weighted by Gasteiger charge is -2.18. The molecule has 6 nitrogen and oxygen atoms in total. The summed E-state index contributed by atoms with van der Waals surface area (Å²) in [7, 11) is 0. The van der Waals surface area contributed by atoms with Crippen LogP contribution < -0.4 is 0 Å². The number of ether oxygens (including phenoxy) is 3. The first-order valence-corrected chi connectivity index (χ1v) is 31.8. The number of carbonyl (C=O) groups excluding carboxylic acids is 3. The predicted molar refractivity (Wildman–Crippen MR) is 316 cm³/mol. The number of unbranched alkanes of at least 4 members (excludes halogenated alkanes) is 37. The van der Waals surface area contributed by atoms with Gasteiger partial charge in [-0.2, -0.15) is 0 Å². The van der Waals surface area contributed by atoms with Gasteiger partial charge in [0.05, 0.1) is 0 Å². The van der Waals surface area contributed by atoms with Crippen LogP contribution >= 0.6 is 0 Å². The molecule has 0 aliphatic heterocycles. The van der Waals surface area contributed by atoms with Crippen LogP contribution in [0.25, 0.3) is 0 Å². The minimum Gasteiger partial charge on any atom is -0.462 e. The SMILES string of the molecule is CC/C=C\C/C=C\C/C=C\C/C=C\C/C=C\CCCCCC(=O)OC(COC(=O)CCCCCCCCCCCCCCCCCCC)COC(=O)CCCCCCCCCCCCCCCCCCCCC. The Labute approximate surface area is 453 Å². The number of carbonyl (C=O) groups is 3. The summed E-state index contributed by atoms with van der Waals surface area (Å²) in [6.45, 7) is 6.56. The molecule has 1 atom stereocenters.